The molecule has 1 aliphatic rings. The van der Waals surface area contributed by atoms with E-state index in [1.807, 2.05) is 0 Å². The molecule has 1 rings (SSSR count). The lowest BCUT2D eigenvalue weighted by Crippen LogP contribution is -2.70. The Bertz CT molecular complexity index is 316. The van der Waals surface area contributed by atoms with E-state index in [-0.39, 0.29) is 6.42 Å². The molecule has 1 aliphatic heterocycles. The molecule has 19 heavy (non-hydrogen) atoms. The summed E-state index contributed by atoms with van der Waals surface area (Å²) in [6, 6.07) is -1.19. The summed E-state index contributed by atoms with van der Waals surface area (Å²) in [6.45, 7) is 0.956. The van der Waals surface area contributed by atoms with Crippen LogP contribution in [-0.4, -0.2) is 69.6 Å². The van der Waals surface area contributed by atoms with Crippen LogP contribution in [0.3, 0.4) is 0 Å². The van der Waals surface area contributed by atoms with Crippen LogP contribution < -0.4 is 11.1 Å². The monoisotopic (exact) mass is 278 g/mol. The number of rotatable bonds is 5. The smallest absolute Gasteiger partial charge is 0.217 e. The summed E-state index contributed by atoms with van der Waals surface area (Å²) in [4.78, 5) is 11.1. The van der Waals surface area contributed by atoms with Gasteiger partial charge in [0.1, 0.15) is 24.4 Å². The maximum Gasteiger partial charge on any atom is 0.217 e. The average Bonchev–Trinajstić information content (AvgIpc) is 2.36. The summed E-state index contributed by atoms with van der Waals surface area (Å²) in [5.41, 5.74) is 5.37. The first kappa shape index (κ1) is 16.3. The zero-order chi connectivity index (χ0) is 14.6. The van der Waals surface area contributed by atoms with Crippen molar-refractivity contribution in [3.63, 3.8) is 0 Å². The lowest BCUT2D eigenvalue weighted by molar-refractivity contribution is -0.320. The molecule has 0 radical (unpaired) electrons. The minimum atomic E-state index is -1.88. The first-order valence-corrected chi connectivity index (χ1v) is 6.20. The first-order valence-electron chi connectivity index (χ1n) is 6.20. The molecule has 0 aliphatic carbocycles. The van der Waals surface area contributed by atoms with Crippen LogP contribution in [0, 0.1) is 0 Å². The summed E-state index contributed by atoms with van der Waals surface area (Å²) in [6.07, 6.45) is -3.51. The third-order valence-electron chi connectivity index (χ3n) is 3.19. The van der Waals surface area contributed by atoms with E-state index in [0.29, 0.717) is 13.0 Å². The molecule has 1 amide bonds. The van der Waals surface area contributed by atoms with E-state index in [0.717, 1.165) is 0 Å². The molecule has 1 fully saturated rings. The highest BCUT2D eigenvalue weighted by atomic mass is 16.6. The fourth-order valence-electron chi connectivity index (χ4n) is 2.22. The summed E-state index contributed by atoms with van der Waals surface area (Å²) in [5, 5.41) is 41.6. The maximum atomic E-state index is 11.1. The van der Waals surface area contributed by atoms with Gasteiger partial charge in [-0.15, -0.1) is 0 Å². The molecule has 0 saturated carbocycles. The predicted octanol–water partition coefficient (Wildman–Crippen LogP) is -2.97. The quantitative estimate of drug-likeness (QED) is 0.315. The van der Waals surface area contributed by atoms with Crippen LogP contribution in [0.4, 0.5) is 0 Å². The van der Waals surface area contributed by atoms with Gasteiger partial charge in [-0.2, -0.15) is 0 Å². The predicted molar refractivity (Wildman–Crippen MR) is 64.8 cm³/mol. The molecule has 8 heteroatoms. The summed E-state index contributed by atoms with van der Waals surface area (Å²) >= 11 is 0. The number of amides is 1. The fourth-order valence-corrected chi connectivity index (χ4v) is 2.22. The highest BCUT2D eigenvalue weighted by Crippen LogP contribution is 2.31. The third kappa shape index (κ3) is 3.62. The molecule has 0 unspecified atom stereocenters. The van der Waals surface area contributed by atoms with Gasteiger partial charge in [0.2, 0.25) is 5.91 Å². The van der Waals surface area contributed by atoms with Crippen molar-refractivity contribution < 1.29 is 30.0 Å². The molecule has 1 heterocycles. The van der Waals surface area contributed by atoms with E-state index in [1.165, 1.54) is 6.92 Å². The van der Waals surface area contributed by atoms with Crippen molar-refractivity contribution in [2.45, 2.75) is 49.9 Å². The van der Waals surface area contributed by atoms with Crippen molar-refractivity contribution in [2.24, 2.45) is 5.73 Å². The van der Waals surface area contributed by atoms with Crippen molar-refractivity contribution in [1.82, 2.24) is 5.32 Å². The van der Waals surface area contributed by atoms with Crippen molar-refractivity contribution >= 4 is 5.91 Å². The topological polar surface area (TPSA) is 145 Å². The first-order chi connectivity index (χ1) is 8.85. The van der Waals surface area contributed by atoms with Crippen molar-refractivity contribution in [2.75, 3.05) is 13.2 Å². The molecule has 0 aromatic heterocycles. The standard InChI is InChI=1S/C11H22N2O6/c1-6(15)13-10-9(17)8(16)7(5-14)19-11(10,18)3-2-4-12/h7-10,14,16-18H,2-5,12H2,1H3,(H,13,15)/t7-,8-,9+,10-,11-/m1/s1. The molecule has 5 atom stereocenters. The number of aliphatic hydroxyl groups is 4. The van der Waals surface area contributed by atoms with Crippen LogP contribution in [0.2, 0.25) is 0 Å². The zero-order valence-corrected chi connectivity index (χ0v) is 10.8. The fraction of sp³-hybridized carbons (Fsp3) is 0.909. The Morgan fingerprint density at radius 3 is 2.53 bits per heavy atom. The molecule has 0 bridgehead atoms. The Balaban J connectivity index is 2.95. The van der Waals surface area contributed by atoms with Crippen LogP contribution in [-0.2, 0) is 9.53 Å². The van der Waals surface area contributed by atoms with Crippen LogP contribution >= 0.6 is 0 Å². The van der Waals surface area contributed by atoms with Crippen LogP contribution in [0.25, 0.3) is 0 Å². The van der Waals surface area contributed by atoms with E-state index < -0.39 is 42.7 Å². The van der Waals surface area contributed by atoms with Gasteiger partial charge in [-0.05, 0) is 13.0 Å². The zero-order valence-electron chi connectivity index (χ0n) is 10.8. The summed E-state index contributed by atoms with van der Waals surface area (Å²) in [5.74, 6) is -2.36. The molecule has 112 valence electrons. The minimum absolute atomic E-state index is 0.0642. The highest BCUT2D eigenvalue weighted by molar-refractivity contribution is 5.73. The van der Waals surface area contributed by atoms with Gasteiger partial charge in [-0.25, -0.2) is 0 Å². The van der Waals surface area contributed by atoms with Crippen molar-refractivity contribution in [1.29, 1.82) is 0 Å². The van der Waals surface area contributed by atoms with Gasteiger partial charge in [-0.3, -0.25) is 4.79 Å². The minimum Gasteiger partial charge on any atom is -0.394 e. The number of nitrogens with two attached hydrogens (primary N) is 1. The SMILES string of the molecule is CC(=O)N[C@@H]1[C@@H](O)[C@H](O)[C@@H](CO)O[C@]1(O)CCCN. The second kappa shape index (κ2) is 6.60. The molecule has 1 saturated heterocycles. The number of nitrogens with one attached hydrogen (secondary N) is 1. The van der Waals surface area contributed by atoms with Crippen LogP contribution in [0.15, 0.2) is 0 Å². The van der Waals surface area contributed by atoms with E-state index in [9.17, 15) is 20.1 Å². The molecular formula is C11H22N2O6. The van der Waals surface area contributed by atoms with Gasteiger partial charge >= 0.3 is 0 Å². The molecular weight excluding hydrogens is 256 g/mol. The van der Waals surface area contributed by atoms with Gasteiger partial charge in [0.25, 0.3) is 0 Å². The van der Waals surface area contributed by atoms with Gasteiger partial charge in [0.05, 0.1) is 6.61 Å². The van der Waals surface area contributed by atoms with Gasteiger partial charge in [-0.1, -0.05) is 0 Å². The van der Waals surface area contributed by atoms with E-state index in [2.05, 4.69) is 5.32 Å². The number of hydrogen-bond acceptors (Lipinski definition) is 7. The Kier molecular flexibility index (Phi) is 5.65. The number of aliphatic hydroxyl groups excluding tert-OH is 3. The van der Waals surface area contributed by atoms with Gasteiger partial charge in [0.15, 0.2) is 5.79 Å². The molecule has 0 spiro atoms. The molecule has 0 aromatic rings. The summed E-state index contributed by atoms with van der Waals surface area (Å²) < 4.78 is 5.25. The number of carbonyl (C=O) groups is 1. The Labute approximate surface area is 111 Å². The maximum absolute atomic E-state index is 11.1. The van der Waals surface area contributed by atoms with Crippen LogP contribution in [0.1, 0.15) is 19.8 Å². The van der Waals surface area contributed by atoms with Gasteiger partial charge < -0.3 is 36.2 Å². The van der Waals surface area contributed by atoms with E-state index in [4.69, 9.17) is 15.6 Å². The lowest BCUT2D eigenvalue weighted by Gasteiger charge is -2.47. The second-order valence-electron chi connectivity index (χ2n) is 4.74. The summed E-state index contributed by atoms with van der Waals surface area (Å²) in [7, 11) is 0. The Morgan fingerprint density at radius 2 is 2.05 bits per heavy atom. The normalized spacial score (nSPS) is 39.1. The number of hydrogen-bond donors (Lipinski definition) is 6. The largest absolute Gasteiger partial charge is 0.394 e. The Morgan fingerprint density at radius 1 is 1.42 bits per heavy atom. The number of ether oxygens (including phenoxy) is 1. The Hall–Kier alpha value is -0.770. The lowest BCUT2D eigenvalue weighted by atomic mass is 9.87. The number of carbonyl (C=O) groups excluding carboxylic acids is 1. The molecule has 8 nitrogen and oxygen atoms in total. The second-order valence-corrected chi connectivity index (χ2v) is 4.74. The third-order valence-corrected chi connectivity index (χ3v) is 3.19. The van der Waals surface area contributed by atoms with E-state index in [1.54, 1.807) is 0 Å². The van der Waals surface area contributed by atoms with Crippen molar-refractivity contribution in [3.05, 3.63) is 0 Å². The molecule has 0 aromatic carbocycles. The average molecular weight is 278 g/mol. The van der Waals surface area contributed by atoms with E-state index >= 15 is 0 Å². The van der Waals surface area contributed by atoms with Crippen LogP contribution in [0.5, 0.6) is 0 Å². The van der Waals surface area contributed by atoms with Crippen molar-refractivity contribution in [3.8, 4) is 0 Å². The van der Waals surface area contributed by atoms with Gasteiger partial charge in [0, 0.05) is 13.3 Å². The molecule has 7 N–H and O–H groups in total. The highest BCUT2D eigenvalue weighted by Gasteiger charge is 2.52.